The van der Waals surface area contributed by atoms with Crippen molar-refractivity contribution in [2.75, 3.05) is 13.7 Å². The molecule has 1 N–H and O–H groups in total. The molecule has 1 aromatic rings. The first kappa shape index (κ1) is 10.8. The lowest BCUT2D eigenvalue weighted by molar-refractivity contribution is 0.0600. The lowest BCUT2D eigenvalue weighted by Crippen LogP contribution is -2.29. The maximum atomic E-state index is 11.1. The van der Waals surface area contributed by atoms with Crippen molar-refractivity contribution in [1.82, 2.24) is 4.57 Å². The number of carbonyl (C=O) groups excluding carboxylic acids is 1. The standard InChI is InChI=1S/C10H15NO3/c1-10(2,7-12)11-5-4-8(6-11)9(13)14-3/h4-6,12H,7H2,1-3H3. The molecule has 1 heterocycles. The molecule has 0 amide bonds. The molecule has 0 aliphatic rings. The highest BCUT2D eigenvalue weighted by molar-refractivity contribution is 5.89. The molecule has 0 aromatic carbocycles. The average Bonchev–Trinajstić information content (AvgIpc) is 2.66. The molecule has 4 heteroatoms. The Morgan fingerprint density at radius 3 is 2.79 bits per heavy atom. The van der Waals surface area contributed by atoms with Crippen LogP contribution >= 0.6 is 0 Å². The maximum Gasteiger partial charge on any atom is 0.339 e. The summed E-state index contributed by atoms with van der Waals surface area (Å²) in [5, 5.41) is 9.12. The van der Waals surface area contributed by atoms with E-state index in [2.05, 4.69) is 4.74 Å². The Labute approximate surface area is 83.1 Å². The summed E-state index contributed by atoms with van der Waals surface area (Å²) in [5.41, 5.74) is 0.0979. The summed E-state index contributed by atoms with van der Waals surface area (Å²) in [6.45, 7) is 3.78. The summed E-state index contributed by atoms with van der Waals surface area (Å²) in [6.07, 6.45) is 3.42. The SMILES string of the molecule is COC(=O)c1ccn(C(C)(C)CO)c1. The van der Waals surface area contributed by atoms with Gasteiger partial charge >= 0.3 is 5.97 Å². The van der Waals surface area contributed by atoms with Crippen LogP contribution in [0.25, 0.3) is 0 Å². The molecule has 0 fully saturated rings. The predicted octanol–water partition coefficient (Wildman–Crippen LogP) is 1.00. The van der Waals surface area contributed by atoms with Crippen molar-refractivity contribution in [1.29, 1.82) is 0 Å². The predicted molar refractivity (Wildman–Crippen MR) is 52.2 cm³/mol. The van der Waals surface area contributed by atoms with Gasteiger partial charge in [0.15, 0.2) is 0 Å². The first-order valence-corrected chi connectivity index (χ1v) is 4.39. The van der Waals surface area contributed by atoms with Crippen molar-refractivity contribution in [2.24, 2.45) is 0 Å². The van der Waals surface area contributed by atoms with Gasteiger partial charge in [-0.15, -0.1) is 0 Å². The van der Waals surface area contributed by atoms with Crippen LogP contribution < -0.4 is 0 Å². The van der Waals surface area contributed by atoms with Crippen molar-refractivity contribution in [2.45, 2.75) is 19.4 Å². The number of nitrogens with zero attached hydrogens (tertiary/aromatic N) is 1. The van der Waals surface area contributed by atoms with Crippen molar-refractivity contribution in [3.63, 3.8) is 0 Å². The quantitative estimate of drug-likeness (QED) is 0.735. The molecule has 1 aromatic heterocycles. The summed E-state index contributed by atoms with van der Waals surface area (Å²) >= 11 is 0. The van der Waals surface area contributed by atoms with E-state index >= 15 is 0 Å². The molecule has 0 aliphatic heterocycles. The van der Waals surface area contributed by atoms with E-state index in [0.29, 0.717) is 5.56 Å². The molecule has 0 atom stereocenters. The molecule has 78 valence electrons. The number of esters is 1. The Kier molecular flexibility index (Phi) is 2.96. The molecule has 0 spiro atoms. The zero-order chi connectivity index (χ0) is 10.8. The van der Waals surface area contributed by atoms with E-state index in [-0.39, 0.29) is 12.6 Å². The van der Waals surface area contributed by atoms with Crippen LogP contribution in [0.5, 0.6) is 0 Å². The van der Waals surface area contributed by atoms with Gasteiger partial charge in [0.2, 0.25) is 0 Å². The van der Waals surface area contributed by atoms with E-state index in [0.717, 1.165) is 0 Å². The lowest BCUT2D eigenvalue weighted by atomic mass is 10.1. The largest absolute Gasteiger partial charge is 0.465 e. The minimum Gasteiger partial charge on any atom is -0.465 e. The van der Waals surface area contributed by atoms with E-state index in [9.17, 15) is 4.79 Å². The maximum absolute atomic E-state index is 11.1. The van der Waals surface area contributed by atoms with Gasteiger partial charge in [-0.3, -0.25) is 0 Å². The van der Waals surface area contributed by atoms with Crippen LogP contribution in [0.15, 0.2) is 18.5 Å². The number of hydrogen-bond acceptors (Lipinski definition) is 3. The van der Waals surface area contributed by atoms with Gasteiger partial charge in [0.25, 0.3) is 0 Å². The second-order valence-corrected chi connectivity index (χ2v) is 3.77. The fourth-order valence-corrected chi connectivity index (χ4v) is 1.09. The van der Waals surface area contributed by atoms with Crippen LogP contribution in [0.2, 0.25) is 0 Å². The molecule has 0 saturated heterocycles. The topological polar surface area (TPSA) is 51.5 Å². The highest BCUT2D eigenvalue weighted by Gasteiger charge is 2.19. The van der Waals surface area contributed by atoms with Crippen LogP contribution in [0.3, 0.4) is 0 Å². The zero-order valence-corrected chi connectivity index (χ0v) is 8.65. The van der Waals surface area contributed by atoms with Crippen molar-refractivity contribution >= 4 is 5.97 Å². The summed E-state index contributed by atoms with van der Waals surface area (Å²) < 4.78 is 6.37. The second kappa shape index (κ2) is 3.84. The third kappa shape index (κ3) is 1.96. The summed E-state index contributed by atoms with van der Waals surface area (Å²) in [6, 6.07) is 1.67. The fraction of sp³-hybridized carbons (Fsp3) is 0.500. The first-order chi connectivity index (χ1) is 6.51. The van der Waals surface area contributed by atoms with Crippen molar-refractivity contribution in [3.8, 4) is 0 Å². The lowest BCUT2D eigenvalue weighted by Gasteiger charge is -2.23. The van der Waals surface area contributed by atoms with Gasteiger partial charge in [0.1, 0.15) is 0 Å². The Morgan fingerprint density at radius 1 is 1.64 bits per heavy atom. The number of carbonyl (C=O) groups is 1. The number of methoxy groups -OCH3 is 1. The normalized spacial score (nSPS) is 11.4. The minimum atomic E-state index is -0.397. The minimum absolute atomic E-state index is 0.0162. The first-order valence-electron chi connectivity index (χ1n) is 4.39. The van der Waals surface area contributed by atoms with Gasteiger partial charge in [0.05, 0.1) is 24.8 Å². The van der Waals surface area contributed by atoms with E-state index in [1.54, 1.807) is 23.0 Å². The number of aliphatic hydroxyl groups excluding tert-OH is 1. The van der Waals surface area contributed by atoms with Gasteiger partial charge in [-0.25, -0.2) is 4.79 Å². The highest BCUT2D eigenvalue weighted by atomic mass is 16.5. The third-order valence-corrected chi connectivity index (χ3v) is 2.20. The number of aliphatic hydroxyl groups is 1. The summed E-state index contributed by atoms with van der Waals surface area (Å²) in [5.74, 6) is -0.363. The Balaban J connectivity index is 2.93. The van der Waals surface area contributed by atoms with E-state index in [4.69, 9.17) is 5.11 Å². The van der Waals surface area contributed by atoms with Crippen molar-refractivity contribution in [3.05, 3.63) is 24.0 Å². The summed E-state index contributed by atoms with van der Waals surface area (Å²) in [4.78, 5) is 11.1. The van der Waals surface area contributed by atoms with Crippen LogP contribution in [0, 0.1) is 0 Å². The molecule has 0 bridgehead atoms. The molecule has 0 aliphatic carbocycles. The van der Waals surface area contributed by atoms with Gasteiger partial charge in [0, 0.05) is 12.4 Å². The summed E-state index contributed by atoms with van der Waals surface area (Å²) in [7, 11) is 1.34. The number of rotatable bonds is 3. The third-order valence-electron chi connectivity index (χ3n) is 2.20. The van der Waals surface area contributed by atoms with E-state index < -0.39 is 5.54 Å². The fourth-order valence-electron chi connectivity index (χ4n) is 1.09. The Hall–Kier alpha value is -1.29. The van der Waals surface area contributed by atoms with E-state index in [1.165, 1.54) is 7.11 Å². The van der Waals surface area contributed by atoms with Gasteiger partial charge in [-0.05, 0) is 19.9 Å². The number of hydrogen-bond donors (Lipinski definition) is 1. The van der Waals surface area contributed by atoms with Gasteiger partial charge < -0.3 is 14.4 Å². The molecule has 14 heavy (non-hydrogen) atoms. The number of aromatic nitrogens is 1. The Morgan fingerprint density at radius 2 is 2.29 bits per heavy atom. The molecule has 0 radical (unpaired) electrons. The van der Waals surface area contributed by atoms with E-state index in [1.807, 2.05) is 13.8 Å². The molecule has 0 saturated carbocycles. The Bertz CT molecular complexity index is 328. The highest BCUT2D eigenvalue weighted by Crippen LogP contribution is 2.16. The average molecular weight is 197 g/mol. The molecule has 0 unspecified atom stereocenters. The smallest absolute Gasteiger partial charge is 0.339 e. The van der Waals surface area contributed by atoms with Gasteiger partial charge in [-0.2, -0.15) is 0 Å². The number of ether oxygens (including phenoxy) is 1. The van der Waals surface area contributed by atoms with Gasteiger partial charge in [-0.1, -0.05) is 0 Å². The van der Waals surface area contributed by atoms with Crippen LogP contribution in [-0.4, -0.2) is 29.4 Å². The molecule has 4 nitrogen and oxygen atoms in total. The van der Waals surface area contributed by atoms with Crippen LogP contribution in [-0.2, 0) is 10.3 Å². The molecular weight excluding hydrogens is 182 g/mol. The van der Waals surface area contributed by atoms with Crippen LogP contribution in [0.1, 0.15) is 24.2 Å². The molecule has 1 rings (SSSR count). The molecular formula is C10H15NO3. The monoisotopic (exact) mass is 197 g/mol. The zero-order valence-electron chi connectivity index (χ0n) is 8.65. The second-order valence-electron chi connectivity index (χ2n) is 3.77. The van der Waals surface area contributed by atoms with Crippen molar-refractivity contribution < 1.29 is 14.6 Å². The van der Waals surface area contributed by atoms with Crippen LogP contribution in [0.4, 0.5) is 0 Å².